The SMILES string of the molecule is CCC(NC(=O)c1csc(C)n1)C(C)C. The number of nitrogens with one attached hydrogen (secondary N) is 1. The quantitative estimate of drug-likeness (QED) is 0.857. The van der Waals surface area contributed by atoms with E-state index in [1.807, 2.05) is 6.92 Å². The van der Waals surface area contributed by atoms with Crippen molar-refractivity contribution >= 4 is 17.2 Å². The number of carbonyl (C=O) groups excluding carboxylic acids is 1. The molecular weight excluding hydrogens is 208 g/mol. The molecule has 0 aliphatic carbocycles. The van der Waals surface area contributed by atoms with Gasteiger partial charge in [-0.15, -0.1) is 11.3 Å². The van der Waals surface area contributed by atoms with Crippen molar-refractivity contribution in [3.63, 3.8) is 0 Å². The molecule has 3 nitrogen and oxygen atoms in total. The molecule has 15 heavy (non-hydrogen) atoms. The van der Waals surface area contributed by atoms with Crippen LogP contribution in [0.5, 0.6) is 0 Å². The number of carbonyl (C=O) groups is 1. The van der Waals surface area contributed by atoms with Gasteiger partial charge in [-0.2, -0.15) is 0 Å². The van der Waals surface area contributed by atoms with Gasteiger partial charge < -0.3 is 5.32 Å². The van der Waals surface area contributed by atoms with Crippen LogP contribution in [0.25, 0.3) is 0 Å². The van der Waals surface area contributed by atoms with Gasteiger partial charge in [-0.25, -0.2) is 4.98 Å². The summed E-state index contributed by atoms with van der Waals surface area (Å²) in [7, 11) is 0. The van der Waals surface area contributed by atoms with Gasteiger partial charge in [0.25, 0.3) is 5.91 Å². The van der Waals surface area contributed by atoms with Crippen LogP contribution in [-0.2, 0) is 0 Å². The molecule has 0 saturated heterocycles. The summed E-state index contributed by atoms with van der Waals surface area (Å²) in [5.74, 6) is 0.401. The third kappa shape index (κ3) is 3.30. The Morgan fingerprint density at radius 1 is 1.60 bits per heavy atom. The molecule has 0 spiro atoms. The first-order valence-electron chi connectivity index (χ1n) is 5.27. The lowest BCUT2D eigenvalue weighted by molar-refractivity contribution is 0.0920. The predicted molar refractivity (Wildman–Crippen MR) is 63.2 cm³/mol. The summed E-state index contributed by atoms with van der Waals surface area (Å²) in [5, 5.41) is 5.73. The Bertz CT molecular complexity index is 333. The maximum absolute atomic E-state index is 11.8. The lowest BCUT2D eigenvalue weighted by atomic mass is 10.0. The molecule has 0 fully saturated rings. The van der Waals surface area contributed by atoms with Crippen molar-refractivity contribution in [2.75, 3.05) is 0 Å². The molecule has 1 atom stereocenters. The van der Waals surface area contributed by atoms with Crippen LogP contribution in [0.2, 0.25) is 0 Å². The average molecular weight is 226 g/mol. The Morgan fingerprint density at radius 3 is 2.67 bits per heavy atom. The largest absolute Gasteiger partial charge is 0.348 e. The fraction of sp³-hybridized carbons (Fsp3) is 0.636. The van der Waals surface area contributed by atoms with E-state index in [4.69, 9.17) is 0 Å². The van der Waals surface area contributed by atoms with E-state index in [0.717, 1.165) is 11.4 Å². The zero-order valence-electron chi connectivity index (χ0n) is 9.70. The van der Waals surface area contributed by atoms with E-state index in [9.17, 15) is 4.79 Å². The first-order valence-corrected chi connectivity index (χ1v) is 6.15. The third-order valence-corrected chi connectivity index (χ3v) is 3.19. The van der Waals surface area contributed by atoms with Gasteiger partial charge in [0.2, 0.25) is 0 Å². The highest BCUT2D eigenvalue weighted by Gasteiger charge is 2.16. The normalized spacial score (nSPS) is 12.9. The van der Waals surface area contributed by atoms with Gasteiger partial charge in [-0.3, -0.25) is 4.79 Å². The highest BCUT2D eigenvalue weighted by molar-refractivity contribution is 7.09. The number of aryl methyl sites for hydroxylation is 1. The molecule has 1 N–H and O–H groups in total. The first kappa shape index (κ1) is 12.2. The fourth-order valence-electron chi connectivity index (χ4n) is 1.45. The lowest BCUT2D eigenvalue weighted by Crippen LogP contribution is -2.38. The Hall–Kier alpha value is -0.900. The van der Waals surface area contributed by atoms with Gasteiger partial charge in [0.05, 0.1) is 5.01 Å². The van der Waals surface area contributed by atoms with Crippen molar-refractivity contribution in [1.82, 2.24) is 10.3 Å². The summed E-state index contributed by atoms with van der Waals surface area (Å²) in [4.78, 5) is 15.9. The average Bonchev–Trinajstić information content (AvgIpc) is 2.60. The molecule has 0 aliphatic heterocycles. The van der Waals surface area contributed by atoms with Crippen molar-refractivity contribution in [2.24, 2.45) is 5.92 Å². The van der Waals surface area contributed by atoms with Crippen LogP contribution in [0, 0.1) is 12.8 Å². The van der Waals surface area contributed by atoms with Gasteiger partial charge in [0.15, 0.2) is 0 Å². The minimum atomic E-state index is -0.0556. The second-order valence-corrected chi connectivity index (χ2v) is 5.05. The van der Waals surface area contributed by atoms with Crippen LogP contribution in [0.4, 0.5) is 0 Å². The highest BCUT2D eigenvalue weighted by atomic mass is 32.1. The Balaban J connectivity index is 2.62. The Labute approximate surface area is 94.9 Å². The van der Waals surface area contributed by atoms with Crippen LogP contribution < -0.4 is 5.32 Å². The van der Waals surface area contributed by atoms with E-state index < -0.39 is 0 Å². The van der Waals surface area contributed by atoms with Crippen molar-refractivity contribution in [3.05, 3.63) is 16.1 Å². The van der Waals surface area contributed by atoms with Crippen LogP contribution in [0.15, 0.2) is 5.38 Å². The van der Waals surface area contributed by atoms with E-state index in [0.29, 0.717) is 11.6 Å². The number of nitrogens with zero attached hydrogens (tertiary/aromatic N) is 1. The zero-order valence-corrected chi connectivity index (χ0v) is 10.5. The number of rotatable bonds is 4. The maximum atomic E-state index is 11.8. The lowest BCUT2D eigenvalue weighted by Gasteiger charge is -2.19. The second kappa shape index (κ2) is 5.26. The topological polar surface area (TPSA) is 42.0 Å². The van der Waals surface area contributed by atoms with E-state index in [1.165, 1.54) is 11.3 Å². The molecule has 4 heteroatoms. The minimum Gasteiger partial charge on any atom is -0.348 e. The Morgan fingerprint density at radius 2 is 2.27 bits per heavy atom. The second-order valence-electron chi connectivity index (χ2n) is 3.98. The molecule has 0 aromatic carbocycles. The van der Waals surface area contributed by atoms with Gasteiger partial charge in [0.1, 0.15) is 5.69 Å². The zero-order chi connectivity index (χ0) is 11.4. The number of amides is 1. The Kier molecular flexibility index (Phi) is 4.27. The monoisotopic (exact) mass is 226 g/mol. The van der Waals surface area contributed by atoms with Crippen molar-refractivity contribution < 1.29 is 4.79 Å². The highest BCUT2D eigenvalue weighted by Crippen LogP contribution is 2.10. The molecule has 1 aromatic heterocycles. The number of thiazole rings is 1. The molecule has 84 valence electrons. The number of aromatic nitrogens is 1. The summed E-state index contributed by atoms with van der Waals surface area (Å²) in [6.07, 6.45) is 0.951. The molecule has 0 bridgehead atoms. The van der Waals surface area contributed by atoms with E-state index in [-0.39, 0.29) is 11.9 Å². The van der Waals surface area contributed by atoms with Gasteiger partial charge in [0, 0.05) is 11.4 Å². The molecular formula is C11H18N2OS. The molecule has 1 amide bonds. The molecule has 1 heterocycles. The fourth-order valence-corrected chi connectivity index (χ4v) is 2.04. The van der Waals surface area contributed by atoms with Crippen LogP contribution in [-0.4, -0.2) is 16.9 Å². The first-order chi connectivity index (χ1) is 7.04. The van der Waals surface area contributed by atoms with Crippen LogP contribution in [0.1, 0.15) is 42.7 Å². The number of hydrogen-bond donors (Lipinski definition) is 1. The smallest absolute Gasteiger partial charge is 0.270 e. The molecule has 0 saturated carbocycles. The third-order valence-electron chi connectivity index (χ3n) is 2.41. The van der Waals surface area contributed by atoms with Gasteiger partial charge in [-0.1, -0.05) is 20.8 Å². The maximum Gasteiger partial charge on any atom is 0.270 e. The predicted octanol–water partition coefficient (Wildman–Crippen LogP) is 2.62. The van der Waals surface area contributed by atoms with Gasteiger partial charge >= 0.3 is 0 Å². The summed E-state index contributed by atoms with van der Waals surface area (Å²) < 4.78 is 0. The van der Waals surface area contributed by atoms with Crippen molar-refractivity contribution in [1.29, 1.82) is 0 Å². The molecule has 0 aliphatic rings. The van der Waals surface area contributed by atoms with Gasteiger partial charge in [-0.05, 0) is 19.3 Å². The van der Waals surface area contributed by atoms with Crippen molar-refractivity contribution in [2.45, 2.75) is 40.2 Å². The molecule has 1 unspecified atom stereocenters. The minimum absolute atomic E-state index is 0.0556. The van der Waals surface area contributed by atoms with E-state index >= 15 is 0 Å². The summed E-state index contributed by atoms with van der Waals surface area (Å²) in [6, 6.07) is 0.236. The summed E-state index contributed by atoms with van der Waals surface area (Å²) >= 11 is 1.50. The summed E-state index contributed by atoms with van der Waals surface area (Å²) in [5.41, 5.74) is 0.539. The van der Waals surface area contributed by atoms with E-state index in [1.54, 1.807) is 5.38 Å². The number of hydrogen-bond acceptors (Lipinski definition) is 3. The van der Waals surface area contributed by atoms with Crippen LogP contribution >= 0.6 is 11.3 Å². The molecule has 1 rings (SSSR count). The standard InChI is InChI=1S/C11H18N2OS/c1-5-9(7(2)3)13-11(14)10-6-15-8(4)12-10/h6-7,9H,5H2,1-4H3,(H,13,14). The van der Waals surface area contributed by atoms with E-state index in [2.05, 4.69) is 31.1 Å². The van der Waals surface area contributed by atoms with Crippen LogP contribution in [0.3, 0.4) is 0 Å². The summed E-state index contributed by atoms with van der Waals surface area (Å²) in [6.45, 7) is 8.21. The van der Waals surface area contributed by atoms with Crippen molar-refractivity contribution in [3.8, 4) is 0 Å². The molecule has 1 aromatic rings. The molecule has 0 radical (unpaired) electrons.